The van der Waals surface area contributed by atoms with Gasteiger partial charge in [-0.05, 0) is 60.5 Å². The molecule has 3 N–H and O–H groups in total. The molecule has 5 rings (SSSR count). The van der Waals surface area contributed by atoms with Gasteiger partial charge < -0.3 is 15.4 Å². The van der Waals surface area contributed by atoms with E-state index < -0.39 is 0 Å². The Balaban J connectivity index is 1.37. The third-order valence-corrected chi connectivity index (χ3v) is 6.11. The topological polar surface area (TPSA) is 80.2 Å². The fourth-order valence-corrected chi connectivity index (χ4v) is 4.17. The Labute approximate surface area is 211 Å². The number of hydrogen-bond acceptors (Lipinski definition) is 4. The molecule has 0 spiro atoms. The Kier molecular flexibility index (Phi) is 6.48. The van der Waals surface area contributed by atoms with Gasteiger partial charge in [0, 0.05) is 29.8 Å². The summed E-state index contributed by atoms with van der Waals surface area (Å²) in [5.74, 6) is 1.99. The highest BCUT2D eigenvalue weighted by atomic mass is 16.5. The van der Waals surface area contributed by atoms with E-state index in [1.54, 1.807) is 6.07 Å². The molecule has 1 aliphatic heterocycles. The van der Waals surface area contributed by atoms with Gasteiger partial charge in [0.1, 0.15) is 17.3 Å². The Hall–Kier alpha value is -4.10. The molecular weight excluding hydrogens is 450 g/mol. The van der Waals surface area contributed by atoms with E-state index in [0.29, 0.717) is 17.3 Å². The smallest absolute Gasteiger partial charge is 0.324 e. The molecule has 4 aromatic rings. The lowest BCUT2D eigenvalue weighted by Crippen LogP contribution is -2.24. The number of aromatic nitrogens is 2. The molecule has 1 aliphatic rings. The number of amides is 2. The average molecular weight is 482 g/mol. The molecule has 0 aliphatic carbocycles. The fraction of sp³-hybridized carbons (Fsp3) is 0.241. The Morgan fingerprint density at radius 2 is 1.72 bits per heavy atom. The number of fused-ring (bicyclic) bond motifs is 1. The van der Waals surface area contributed by atoms with Crippen molar-refractivity contribution in [2.45, 2.75) is 39.2 Å². The normalized spacial score (nSPS) is 13.1. The van der Waals surface area contributed by atoms with Crippen molar-refractivity contribution in [2.75, 3.05) is 17.2 Å². The minimum atomic E-state index is -0.351. The van der Waals surface area contributed by atoms with Gasteiger partial charge in [0.15, 0.2) is 0 Å². The van der Waals surface area contributed by atoms with Crippen LogP contribution in [0.3, 0.4) is 0 Å². The van der Waals surface area contributed by atoms with E-state index in [1.165, 1.54) is 11.1 Å². The fourth-order valence-electron chi connectivity index (χ4n) is 4.17. The first-order chi connectivity index (χ1) is 17.3. The van der Waals surface area contributed by atoms with Crippen LogP contribution in [-0.2, 0) is 18.4 Å². The van der Waals surface area contributed by atoms with Gasteiger partial charge in [0.25, 0.3) is 0 Å². The quantitative estimate of drug-likeness (QED) is 0.315. The van der Waals surface area contributed by atoms with Crippen LogP contribution in [0.4, 0.5) is 16.3 Å². The van der Waals surface area contributed by atoms with E-state index in [1.807, 2.05) is 59.3 Å². The first kappa shape index (κ1) is 23.6. The zero-order chi connectivity index (χ0) is 25.1. The van der Waals surface area contributed by atoms with Crippen LogP contribution >= 0.6 is 0 Å². The van der Waals surface area contributed by atoms with E-state index in [2.05, 4.69) is 54.9 Å². The van der Waals surface area contributed by atoms with Crippen molar-refractivity contribution in [1.29, 1.82) is 0 Å². The van der Waals surface area contributed by atoms with Gasteiger partial charge in [-0.15, -0.1) is 0 Å². The van der Waals surface area contributed by atoms with Crippen LogP contribution in [0, 0.1) is 0 Å². The van der Waals surface area contributed by atoms with Gasteiger partial charge >= 0.3 is 6.03 Å². The molecule has 2 heterocycles. The summed E-state index contributed by atoms with van der Waals surface area (Å²) in [6.07, 6.45) is 0.973. The summed E-state index contributed by atoms with van der Waals surface area (Å²) >= 11 is 0. The molecule has 184 valence electrons. The van der Waals surface area contributed by atoms with Crippen molar-refractivity contribution >= 4 is 17.5 Å². The van der Waals surface area contributed by atoms with Gasteiger partial charge in [0.05, 0.1) is 11.4 Å². The van der Waals surface area contributed by atoms with Gasteiger partial charge in [-0.1, -0.05) is 51.1 Å². The van der Waals surface area contributed by atoms with E-state index in [9.17, 15) is 4.79 Å². The molecule has 0 saturated carbocycles. The number of nitrogens with one attached hydrogen (secondary N) is 3. The van der Waals surface area contributed by atoms with Crippen LogP contribution in [0.2, 0.25) is 0 Å². The van der Waals surface area contributed by atoms with E-state index in [-0.39, 0.29) is 11.4 Å². The molecule has 0 unspecified atom stereocenters. The van der Waals surface area contributed by atoms with Gasteiger partial charge in [-0.3, -0.25) is 5.32 Å². The van der Waals surface area contributed by atoms with Crippen molar-refractivity contribution in [3.8, 4) is 17.2 Å². The number of carbonyl (C=O) groups excluding carboxylic acids is 1. The summed E-state index contributed by atoms with van der Waals surface area (Å²) < 4.78 is 7.71. The van der Waals surface area contributed by atoms with Crippen molar-refractivity contribution in [3.63, 3.8) is 0 Å². The molecule has 1 aromatic heterocycles. The number of para-hydroxylation sites is 1. The van der Waals surface area contributed by atoms with Gasteiger partial charge in [-0.25, -0.2) is 9.48 Å². The number of hydrogen-bond donors (Lipinski definition) is 3. The number of carbonyl (C=O) groups is 1. The monoisotopic (exact) mass is 481 g/mol. The maximum absolute atomic E-state index is 13.0. The molecule has 0 atom stereocenters. The predicted octanol–water partition coefficient (Wildman–Crippen LogP) is 6.25. The summed E-state index contributed by atoms with van der Waals surface area (Å²) in [6.45, 7) is 8.17. The van der Waals surface area contributed by atoms with E-state index in [0.717, 1.165) is 36.6 Å². The molecule has 0 fully saturated rings. The molecule has 7 nitrogen and oxygen atoms in total. The standard InChI is InChI=1S/C29H31N5O2/c1-29(2,3)26-18-27(34(33-26)23-13-12-21-19-30-15-14-20(21)16-23)32-28(35)31-22-8-7-11-25(17-22)36-24-9-5-4-6-10-24/h4-13,16-18,30H,14-15,19H2,1-3H3,(H2,31,32,35). The molecule has 0 saturated heterocycles. The number of ether oxygens (including phenoxy) is 1. The van der Waals surface area contributed by atoms with Crippen LogP contribution in [0.5, 0.6) is 11.5 Å². The van der Waals surface area contributed by atoms with Crippen LogP contribution in [-0.4, -0.2) is 22.4 Å². The summed E-state index contributed by atoms with van der Waals surface area (Å²) in [7, 11) is 0. The molecule has 3 aromatic carbocycles. The molecule has 7 heteroatoms. The summed E-state index contributed by atoms with van der Waals surface area (Å²) in [6, 6.07) is 24.8. The highest BCUT2D eigenvalue weighted by Crippen LogP contribution is 2.28. The van der Waals surface area contributed by atoms with Crippen LogP contribution in [0.25, 0.3) is 5.69 Å². The number of nitrogens with zero attached hydrogens (tertiary/aromatic N) is 2. The Morgan fingerprint density at radius 3 is 2.53 bits per heavy atom. The minimum absolute atomic E-state index is 0.167. The van der Waals surface area contributed by atoms with Gasteiger partial charge in [-0.2, -0.15) is 5.10 Å². The van der Waals surface area contributed by atoms with Crippen molar-refractivity contribution in [1.82, 2.24) is 15.1 Å². The van der Waals surface area contributed by atoms with Crippen LogP contribution in [0.15, 0.2) is 78.9 Å². The number of anilines is 2. The zero-order valence-electron chi connectivity index (χ0n) is 20.8. The average Bonchev–Trinajstić information content (AvgIpc) is 3.29. The third kappa shape index (κ3) is 5.42. The minimum Gasteiger partial charge on any atom is -0.457 e. The van der Waals surface area contributed by atoms with E-state index in [4.69, 9.17) is 9.84 Å². The van der Waals surface area contributed by atoms with Crippen molar-refractivity contribution in [2.24, 2.45) is 0 Å². The summed E-state index contributed by atoms with van der Waals surface area (Å²) in [4.78, 5) is 13.0. The molecule has 2 amide bonds. The first-order valence-electron chi connectivity index (χ1n) is 12.2. The Morgan fingerprint density at radius 1 is 0.917 bits per heavy atom. The molecule has 0 radical (unpaired) electrons. The summed E-state index contributed by atoms with van der Waals surface area (Å²) in [5, 5.41) is 14.2. The van der Waals surface area contributed by atoms with Crippen molar-refractivity contribution < 1.29 is 9.53 Å². The third-order valence-electron chi connectivity index (χ3n) is 6.11. The number of benzene rings is 3. The van der Waals surface area contributed by atoms with E-state index >= 15 is 0 Å². The summed E-state index contributed by atoms with van der Waals surface area (Å²) in [5.41, 5.74) is 4.90. The maximum Gasteiger partial charge on any atom is 0.324 e. The number of urea groups is 1. The molecule has 0 bridgehead atoms. The van der Waals surface area contributed by atoms with Gasteiger partial charge in [0.2, 0.25) is 0 Å². The maximum atomic E-state index is 13.0. The SMILES string of the molecule is CC(C)(C)c1cc(NC(=O)Nc2cccc(Oc3ccccc3)c2)n(-c2ccc3c(c2)CCNC3)n1. The largest absolute Gasteiger partial charge is 0.457 e. The van der Waals surface area contributed by atoms with Crippen molar-refractivity contribution in [3.05, 3.63) is 95.7 Å². The molecular formula is C29H31N5O2. The zero-order valence-corrected chi connectivity index (χ0v) is 20.8. The van der Waals surface area contributed by atoms with Crippen LogP contribution in [0.1, 0.15) is 37.6 Å². The molecule has 36 heavy (non-hydrogen) atoms. The highest BCUT2D eigenvalue weighted by Gasteiger charge is 2.22. The first-order valence-corrected chi connectivity index (χ1v) is 12.2. The second-order valence-corrected chi connectivity index (χ2v) is 9.98. The predicted molar refractivity (Wildman–Crippen MR) is 143 cm³/mol. The Bertz CT molecular complexity index is 1370. The highest BCUT2D eigenvalue weighted by molar-refractivity contribution is 5.99. The number of rotatable bonds is 5. The second-order valence-electron chi connectivity index (χ2n) is 9.98. The lowest BCUT2D eigenvalue weighted by atomic mass is 9.92. The van der Waals surface area contributed by atoms with Crippen LogP contribution < -0.4 is 20.7 Å². The lowest BCUT2D eigenvalue weighted by molar-refractivity contribution is 0.262. The second kappa shape index (κ2) is 9.87. The lowest BCUT2D eigenvalue weighted by Gasteiger charge is -2.18.